The van der Waals surface area contributed by atoms with Crippen molar-refractivity contribution in [3.05, 3.63) is 24.0 Å². The number of likely N-dealkylation sites (N-methyl/N-ethyl adjacent to an activating group) is 1. The van der Waals surface area contributed by atoms with Crippen LogP contribution in [-0.2, 0) is 0 Å². The number of hydrogen-bond donors (Lipinski definition) is 2. The maximum atomic E-state index is 12.2. The van der Waals surface area contributed by atoms with Crippen LogP contribution in [0.4, 0.5) is 5.69 Å². The summed E-state index contributed by atoms with van der Waals surface area (Å²) in [6, 6.07) is 2.35. The minimum atomic E-state index is -0.0772. The maximum Gasteiger partial charge on any atom is 0.254 e. The number of aromatic nitrogens is 1. The molecule has 1 aromatic rings. The first-order valence-corrected chi connectivity index (χ1v) is 7.26. The van der Waals surface area contributed by atoms with Gasteiger partial charge >= 0.3 is 0 Å². The Labute approximate surface area is 121 Å². The quantitative estimate of drug-likeness (QED) is 0.763. The maximum absolute atomic E-state index is 12.2. The third kappa shape index (κ3) is 4.81. The highest BCUT2D eigenvalue weighted by molar-refractivity contribution is 5.99. The number of pyridine rings is 1. The van der Waals surface area contributed by atoms with Crippen LogP contribution in [0.5, 0.6) is 0 Å². The Bertz CT molecular complexity index is 422. The first-order valence-electron chi connectivity index (χ1n) is 7.26. The van der Waals surface area contributed by atoms with Crippen LogP contribution >= 0.6 is 0 Å². The number of anilines is 1. The summed E-state index contributed by atoms with van der Waals surface area (Å²) in [5, 5.41) is 6.12. The average Bonchev–Trinajstić information content (AvgIpc) is 2.47. The topological polar surface area (TPSA) is 57.3 Å². The molecular weight excluding hydrogens is 252 g/mol. The van der Waals surface area contributed by atoms with E-state index in [0.717, 1.165) is 25.2 Å². The monoisotopic (exact) mass is 278 g/mol. The zero-order valence-electron chi connectivity index (χ0n) is 12.9. The Morgan fingerprint density at radius 2 is 2.20 bits per heavy atom. The van der Waals surface area contributed by atoms with Crippen molar-refractivity contribution in [3.8, 4) is 0 Å². The van der Waals surface area contributed by atoms with E-state index in [4.69, 9.17) is 0 Å². The lowest BCUT2D eigenvalue weighted by Gasteiger charge is -2.23. The highest BCUT2D eigenvalue weighted by Gasteiger charge is 2.11. The molecule has 1 atom stereocenters. The molecule has 2 N–H and O–H groups in total. The normalized spacial score (nSPS) is 12.2. The molecule has 1 rings (SSSR count). The van der Waals surface area contributed by atoms with Gasteiger partial charge < -0.3 is 15.5 Å². The Balaban J connectivity index is 2.51. The third-order valence-corrected chi connectivity index (χ3v) is 3.53. The zero-order valence-corrected chi connectivity index (χ0v) is 12.9. The predicted molar refractivity (Wildman–Crippen MR) is 83.1 cm³/mol. The van der Waals surface area contributed by atoms with Crippen LogP contribution in [0, 0.1) is 0 Å². The van der Waals surface area contributed by atoms with Gasteiger partial charge in [-0.15, -0.1) is 0 Å². The fourth-order valence-corrected chi connectivity index (χ4v) is 1.89. The van der Waals surface area contributed by atoms with Crippen molar-refractivity contribution in [2.75, 3.05) is 32.0 Å². The molecule has 0 spiro atoms. The molecule has 0 fully saturated rings. The van der Waals surface area contributed by atoms with E-state index in [1.54, 1.807) is 12.4 Å². The highest BCUT2D eigenvalue weighted by atomic mass is 16.1. The van der Waals surface area contributed by atoms with Gasteiger partial charge in [-0.25, -0.2) is 0 Å². The molecular formula is C15H26N4O. The van der Waals surface area contributed by atoms with Crippen LogP contribution in [-0.4, -0.2) is 48.5 Å². The first kappa shape index (κ1) is 16.4. The van der Waals surface area contributed by atoms with E-state index in [1.807, 2.05) is 13.0 Å². The lowest BCUT2D eigenvalue weighted by atomic mass is 10.2. The summed E-state index contributed by atoms with van der Waals surface area (Å²) in [5.41, 5.74) is 1.43. The molecule has 0 saturated heterocycles. The Morgan fingerprint density at radius 1 is 1.45 bits per heavy atom. The largest absolute Gasteiger partial charge is 0.385 e. The second kappa shape index (κ2) is 8.53. The van der Waals surface area contributed by atoms with Gasteiger partial charge in [0, 0.05) is 38.1 Å². The lowest BCUT2D eigenvalue weighted by Crippen LogP contribution is -2.37. The SMILES string of the molecule is CCNc1ccncc1C(=O)NCCN(C)C(C)CC. The highest BCUT2D eigenvalue weighted by Crippen LogP contribution is 2.12. The summed E-state index contributed by atoms with van der Waals surface area (Å²) < 4.78 is 0. The number of rotatable bonds is 8. The van der Waals surface area contributed by atoms with E-state index in [2.05, 4.69) is 41.4 Å². The van der Waals surface area contributed by atoms with Crippen LogP contribution in [0.2, 0.25) is 0 Å². The van der Waals surface area contributed by atoms with Gasteiger partial charge in [-0.2, -0.15) is 0 Å². The van der Waals surface area contributed by atoms with Gasteiger partial charge in [0.2, 0.25) is 0 Å². The van der Waals surface area contributed by atoms with Crippen molar-refractivity contribution in [1.29, 1.82) is 0 Å². The minimum Gasteiger partial charge on any atom is -0.385 e. The molecule has 0 radical (unpaired) electrons. The molecule has 0 bridgehead atoms. The van der Waals surface area contributed by atoms with Crippen LogP contribution in [0.3, 0.4) is 0 Å². The fourth-order valence-electron chi connectivity index (χ4n) is 1.89. The summed E-state index contributed by atoms with van der Waals surface area (Å²) in [7, 11) is 2.08. The molecule has 0 aliphatic carbocycles. The van der Waals surface area contributed by atoms with E-state index in [1.165, 1.54) is 0 Å². The molecule has 5 heteroatoms. The standard InChI is InChI=1S/C15H26N4O/c1-5-12(3)19(4)10-9-18-15(20)13-11-16-8-7-14(13)17-6-2/h7-8,11-12H,5-6,9-10H2,1-4H3,(H,16,17)(H,18,20). The van der Waals surface area contributed by atoms with Gasteiger partial charge in [-0.3, -0.25) is 9.78 Å². The predicted octanol–water partition coefficient (Wildman–Crippen LogP) is 1.97. The summed E-state index contributed by atoms with van der Waals surface area (Å²) in [6.07, 6.45) is 4.40. The molecule has 1 unspecified atom stereocenters. The minimum absolute atomic E-state index is 0.0772. The summed E-state index contributed by atoms with van der Waals surface area (Å²) in [5.74, 6) is -0.0772. The molecule has 0 saturated carbocycles. The van der Waals surface area contributed by atoms with Crippen molar-refractivity contribution in [3.63, 3.8) is 0 Å². The molecule has 0 aliphatic rings. The van der Waals surface area contributed by atoms with Gasteiger partial charge in [0.15, 0.2) is 0 Å². The molecule has 0 aliphatic heterocycles. The van der Waals surface area contributed by atoms with Gasteiger partial charge in [-0.05, 0) is 33.4 Å². The molecule has 5 nitrogen and oxygen atoms in total. The zero-order chi connectivity index (χ0) is 15.0. The number of carbonyl (C=O) groups excluding carboxylic acids is 1. The van der Waals surface area contributed by atoms with Crippen LogP contribution in [0.1, 0.15) is 37.6 Å². The number of carbonyl (C=O) groups is 1. The summed E-state index contributed by atoms with van der Waals surface area (Å²) in [4.78, 5) is 18.4. The number of amides is 1. The van der Waals surface area contributed by atoms with Crippen molar-refractivity contribution in [2.45, 2.75) is 33.2 Å². The van der Waals surface area contributed by atoms with E-state index >= 15 is 0 Å². The van der Waals surface area contributed by atoms with Gasteiger partial charge in [-0.1, -0.05) is 6.92 Å². The van der Waals surface area contributed by atoms with Crippen molar-refractivity contribution in [2.24, 2.45) is 0 Å². The summed E-state index contributed by atoms with van der Waals surface area (Å²) >= 11 is 0. The Morgan fingerprint density at radius 3 is 2.85 bits per heavy atom. The van der Waals surface area contributed by atoms with E-state index in [0.29, 0.717) is 18.2 Å². The first-order chi connectivity index (χ1) is 9.60. The Hall–Kier alpha value is -1.62. The smallest absolute Gasteiger partial charge is 0.254 e. The number of hydrogen-bond acceptors (Lipinski definition) is 4. The molecule has 1 aromatic heterocycles. The van der Waals surface area contributed by atoms with E-state index < -0.39 is 0 Å². The van der Waals surface area contributed by atoms with Crippen LogP contribution < -0.4 is 10.6 Å². The number of nitrogens with one attached hydrogen (secondary N) is 2. The Kier molecular flexibility index (Phi) is 7.01. The number of nitrogens with zero attached hydrogens (tertiary/aromatic N) is 2. The second-order valence-electron chi connectivity index (χ2n) is 4.95. The van der Waals surface area contributed by atoms with Gasteiger partial charge in [0.05, 0.1) is 11.3 Å². The lowest BCUT2D eigenvalue weighted by molar-refractivity contribution is 0.0948. The van der Waals surface area contributed by atoms with Crippen molar-refractivity contribution < 1.29 is 4.79 Å². The van der Waals surface area contributed by atoms with Crippen molar-refractivity contribution in [1.82, 2.24) is 15.2 Å². The van der Waals surface area contributed by atoms with Gasteiger partial charge in [0.25, 0.3) is 5.91 Å². The average molecular weight is 278 g/mol. The molecule has 20 heavy (non-hydrogen) atoms. The van der Waals surface area contributed by atoms with Gasteiger partial charge in [0.1, 0.15) is 0 Å². The molecule has 1 heterocycles. The van der Waals surface area contributed by atoms with E-state index in [-0.39, 0.29) is 5.91 Å². The van der Waals surface area contributed by atoms with Crippen molar-refractivity contribution >= 4 is 11.6 Å². The molecule has 0 aromatic carbocycles. The van der Waals surface area contributed by atoms with E-state index in [9.17, 15) is 4.79 Å². The van der Waals surface area contributed by atoms with Crippen LogP contribution in [0.15, 0.2) is 18.5 Å². The molecule has 1 amide bonds. The van der Waals surface area contributed by atoms with Crippen LogP contribution in [0.25, 0.3) is 0 Å². The fraction of sp³-hybridized carbons (Fsp3) is 0.600. The third-order valence-electron chi connectivity index (χ3n) is 3.53. The molecule has 112 valence electrons. The summed E-state index contributed by atoms with van der Waals surface area (Å²) in [6.45, 7) is 8.62. The second-order valence-corrected chi connectivity index (χ2v) is 4.95.